The summed E-state index contributed by atoms with van der Waals surface area (Å²) in [5, 5.41) is 12.0. The Labute approximate surface area is 119 Å². The molecule has 108 valence electrons. The molecule has 20 heavy (non-hydrogen) atoms. The van der Waals surface area contributed by atoms with Crippen LogP contribution in [0.2, 0.25) is 0 Å². The van der Waals surface area contributed by atoms with Gasteiger partial charge in [-0.05, 0) is 36.8 Å². The van der Waals surface area contributed by atoms with Gasteiger partial charge in [-0.1, -0.05) is 31.2 Å². The second-order valence-electron chi connectivity index (χ2n) is 5.64. The Morgan fingerprint density at radius 1 is 1.35 bits per heavy atom. The van der Waals surface area contributed by atoms with Gasteiger partial charge in [0.25, 0.3) is 0 Å². The number of aryl methyl sites for hydroxylation is 1. The minimum absolute atomic E-state index is 0.0321. The number of aliphatic carboxylic acids is 1. The van der Waals surface area contributed by atoms with Gasteiger partial charge in [0, 0.05) is 5.92 Å². The van der Waals surface area contributed by atoms with E-state index in [1.54, 1.807) is 0 Å². The van der Waals surface area contributed by atoms with Crippen molar-refractivity contribution in [3.8, 4) is 0 Å². The fraction of sp³-hybridized carbons (Fsp3) is 0.500. The van der Waals surface area contributed by atoms with E-state index >= 15 is 0 Å². The summed E-state index contributed by atoms with van der Waals surface area (Å²) in [6.07, 6.45) is 2.11. The Kier molecular flexibility index (Phi) is 4.42. The lowest BCUT2D eigenvalue weighted by molar-refractivity contribution is -0.138. The normalized spacial score (nSPS) is 17.3. The molecule has 4 nitrogen and oxygen atoms in total. The average Bonchev–Trinajstić information content (AvgIpc) is 3.21. The molecule has 2 atom stereocenters. The lowest BCUT2D eigenvalue weighted by Crippen LogP contribution is -2.35. The summed E-state index contributed by atoms with van der Waals surface area (Å²) in [6, 6.07) is 7.13. The quantitative estimate of drug-likeness (QED) is 0.838. The summed E-state index contributed by atoms with van der Waals surface area (Å²) in [5.74, 6) is -0.507. The van der Waals surface area contributed by atoms with Crippen molar-refractivity contribution in [2.24, 2.45) is 11.8 Å². The number of carboxylic acids is 1. The largest absolute Gasteiger partial charge is 0.481 e. The molecule has 0 aliphatic heterocycles. The van der Waals surface area contributed by atoms with E-state index in [4.69, 9.17) is 5.11 Å². The molecule has 1 aromatic rings. The summed E-state index contributed by atoms with van der Waals surface area (Å²) < 4.78 is 0. The Bertz CT molecular complexity index is 508. The second-order valence-corrected chi connectivity index (χ2v) is 5.64. The van der Waals surface area contributed by atoms with Crippen molar-refractivity contribution in [1.29, 1.82) is 0 Å². The summed E-state index contributed by atoms with van der Waals surface area (Å²) in [4.78, 5) is 23.2. The van der Waals surface area contributed by atoms with Gasteiger partial charge in [0.1, 0.15) is 0 Å². The monoisotopic (exact) mass is 275 g/mol. The van der Waals surface area contributed by atoms with Crippen LogP contribution in [0.3, 0.4) is 0 Å². The maximum Gasteiger partial charge on any atom is 0.305 e. The molecule has 0 saturated heterocycles. The van der Waals surface area contributed by atoms with Crippen molar-refractivity contribution in [3.63, 3.8) is 0 Å². The van der Waals surface area contributed by atoms with Crippen LogP contribution in [0.5, 0.6) is 0 Å². The third-order valence-corrected chi connectivity index (χ3v) is 4.00. The first-order valence-electron chi connectivity index (χ1n) is 7.06. The molecule has 2 N–H and O–H groups in total. The van der Waals surface area contributed by atoms with Crippen LogP contribution >= 0.6 is 0 Å². The van der Waals surface area contributed by atoms with Gasteiger partial charge in [0.2, 0.25) is 5.91 Å². The number of benzene rings is 1. The molecule has 0 heterocycles. The van der Waals surface area contributed by atoms with Gasteiger partial charge in [-0.2, -0.15) is 0 Å². The molecule has 2 unspecified atom stereocenters. The van der Waals surface area contributed by atoms with Gasteiger partial charge in [-0.15, -0.1) is 0 Å². The van der Waals surface area contributed by atoms with Crippen LogP contribution in [0.15, 0.2) is 24.3 Å². The molecule has 0 aromatic heterocycles. The van der Waals surface area contributed by atoms with Crippen LogP contribution in [0, 0.1) is 18.8 Å². The Morgan fingerprint density at radius 3 is 2.55 bits per heavy atom. The molecule has 1 amide bonds. The van der Waals surface area contributed by atoms with Crippen molar-refractivity contribution in [2.75, 3.05) is 0 Å². The highest BCUT2D eigenvalue weighted by atomic mass is 16.4. The zero-order valence-electron chi connectivity index (χ0n) is 11.9. The summed E-state index contributed by atoms with van der Waals surface area (Å²) in [7, 11) is 0. The SMILES string of the molecule is Cc1ccccc1C(CC(=O)O)NC(=O)C(C)C1CC1. The van der Waals surface area contributed by atoms with Crippen LogP contribution in [-0.4, -0.2) is 17.0 Å². The number of rotatable bonds is 6. The fourth-order valence-electron chi connectivity index (χ4n) is 2.50. The van der Waals surface area contributed by atoms with Crippen molar-refractivity contribution in [1.82, 2.24) is 5.32 Å². The van der Waals surface area contributed by atoms with E-state index in [1.807, 2.05) is 38.1 Å². The lowest BCUT2D eigenvalue weighted by Gasteiger charge is -2.21. The van der Waals surface area contributed by atoms with Crippen molar-refractivity contribution in [2.45, 2.75) is 39.2 Å². The molecule has 1 aliphatic carbocycles. The number of carboxylic acid groups (broad SMARTS) is 1. The highest BCUT2D eigenvalue weighted by molar-refractivity contribution is 5.80. The van der Waals surface area contributed by atoms with Gasteiger partial charge < -0.3 is 10.4 Å². The van der Waals surface area contributed by atoms with E-state index in [-0.39, 0.29) is 18.2 Å². The Hall–Kier alpha value is -1.84. The Morgan fingerprint density at radius 2 is 2.00 bits per heavy atom. The maximum atomic E-state index is 12.2. The molecule has 0 bridgehead atoms. The predicted octanol–water partition coefficient (Wildman–Crippen LogP) is 2.67. The summed E-state index contributed by atoms with van der Waals surface area (Å²) in [6.45, 7) is 3.85. The van der Waals surface area contributed by atoms with Gasteiger partial charge in [0.05, 0.1) is 12.5 Å². The number of amides is 1. The third kappa shape index (κ3) is 3.59. The first kappa shape index (κ1) is 14.6. The first-order chi connectivity index (χ1) is 9.49. The molecule has 0 radical (unpaired) electrons. The van der Waals surface area contributed by atoms with E-state index < -0.39 is 12.0 Å². The summed E-state index contributed by atoms with van der Waals surface area (Å²) in [5.41, 5.74) is 1.88. The summed E-state index contributed by atoms with van der Waals surface area (Å²) >= 11 is 0. The molecule has 2 rings (SSSR count). The van der Waals surface area contributed by atoms with E-state index in [9.17, 15) is 9.59 Å². The first-order valence-corrected chi connectivity index (χ1v) is 7.06. The van der Waals surface area contributed by atoms with Crippen molar-refractivity contribution in [3.05, 3.63) is 35.4 Å². The number of hydrogen-bond acceptors (Lipinski definition) is 2. The zero-order chi connectivity index (χ0) is 14.7. The van der Waals surface area contributed by atoms with E-state index in [1.165, 1.54) is 0 Å². The standard InChI is InChI=1S/C16H21NO3/c1-10-5-3-4-6-13(10)14(9-15(18)19)17-16(20)11(2)12-7-8-12/h3-6,11-12,14H,7-9H2,1-2H3,(H,17,20)(H,18,19). The van der Waals surface area contributed by atoms with Gasteiger partial charge >= 0.3 is 5.97 Å². The highest BCUT2D eigenvalue weighted by Gasteiger charge is 2.33. The topological polar surface area (TPSA) is 66.4 Å². The van der Waals surface area contributed by atoms with Crippen molar-refractivity contribution < 1.29 is 14.7 Å². The number of carbonyl (C=O) groups is 2. The lowest BCUT2D eigenvalue weighted by atomic mass is 9.97. The van der Waals surface area contributed by atoms with E-state index in [0.717, 1.165) is 24.0 Å². The predicted molar refractivity (Wildman–Crippen MR) is 76.2 cm³/mol. The van der Waals surface area contributed by atoms with Crippen molar-refractivity contribution >= 4 is 11.9 Å². The zero-order valence-corrected chi connectivity index (χ0v) is 11.9. The van der Waals surface area contributed by atoms with Gasteiger partial charge in [-0.3, -0.25) is 9.59 Å². The molecule has 1 aromatic carbocycles. The minimum atomic E-state index is -0.905. The smallest absolute Gasteiger partial charge is 0.305 e. The molecule has 1 saturated carbocycles. The molecular weight excluding hydrogens is 254 g/mol. The maximum absolute atomic E-state index is 12.2. The molecule has 0 spiro atoms. The molecule has 4 heteroatoms. The fourth-order valence-corrected chi connectivity index (χ4v) is 2.50. The van der Waals surface area contributed by atoms with E-state index in [2.05, 4.69) is 5.32 Å². The molecule has 1 fully saturated rings. The minimum Gasteiger partial charge on any atom is -0.481 e. The van der Waals surface area contributed by atoms with Crippen LogP contribution in [0.25, 0.3) is 0 Å². The molecular formula is C16H21NO3. The van der Waals surface area contributed by atoms with Gasteiger partial charge in [-0.25, -0.2) is 0 Å². The van der Waals surface area contributed by atoms with E-state index in [0.29, 0.717) is 5.92 Å². The molecule has 1 aliphatic rings. The number of carbonyl (C=O) groups excluding carboxylic acids is 1. The average molecular weight is 275 g/mol. The Balaban J connectivity index is 2.13. The van der Waals surface area contributed by atoms with Gasteiger partial charge in [0.15, 0.2) is 0 Å². The van der Waals surface area contributed by atoms with Crippen LogP contribution in [0.1, 0.15) is 43.4 Å². The number of nitrogens with one attached hydrogen (secondary N) is 1. The number of hydrogen-bond donors (Lipinski definition) is 2. The third-order valence-electron chi connectivity index (χ3n) is 4.00. The van der Waals surface area contributed by atoms with Crippen LogP contribution < -0.4 is 5.32 Å². The highest BCUT2D eigenvalue weighted by Crippen LogP contribution is 2.37. The van der Waals surface area contributed by atoms with Crippen LogP contribution in [0.4, 0.5) is 0 Å². The second kappa shape index (κ2) is 6.07. The van der Waals surface area contributed by atoms with Crippen LogP contribution in [-0.2, 0) is 9.59 Å².